The molecular formula is C14H19NO4S. The van der Waals surface area contributed by atoms with Crippen molar-refractivity contribution < 1.29 is 14.4 Å². The second-order valence-corrected chi connectivity index (χ2v) is 5.18. The van der Waals surface area contributed by atoms with Gasteiger partial charge in [-0.25, -0.2) is 4.79 Å². The summed E-state index contributed by atoms with van der Waals surface area (Å²) in [6.45, 7) is 7.36. The molecule has 0 radical (unpaired) electrons. The van der Waals surface area contributed by atoms with E-state index in [0.29, 0.717) is 11.5 Å². The Kier molecular flexibility index (Phi) is 6.93. The number of hydrogen-bond acceptors (Lipinski definition) is 6. The summed E-state index contributed by atoms with van der Waals surface area (Å²) in [6, 6.07) is 1.45. The van der Waals surface area contributed by atoms with Gasteiger partial charge in [0.1, 0.15) is 23.7 Å². The average molecular weight is 297 g/mol. The lowest BCUT2D eigenvalue weighted by molar-refractivity contribution is 0.174. The van der Waals surface area contributed by atoms with Crippen molar-refractivity contribution in [1.29, 1.82) is 0 Å². The lowest BCUT2D eigenvalue weighted by atomic mass is 10.2. The zero-order valence-electron chi connectivity index (χ0n) is 11.7. The molecule has 0 fully saturated rings. The predicted molar refractivity (Wildman–Crippen MR) is 81.5 cm³/mol. The van der Waals surface area contributed by atoms with Crippen molar-refractivity contribution in [3.8, 4) is 5.75 Å². The zero-order chi connectivity index (χ0) is 15.0. The van der Waals surface area contributed by atoms with Crippen LogP contribution in [0.4, 0.5) is 0 Å². The van der Waals surface area contributed by atoms with Crippen molar-refractivity contribution in [2.45, 2.75) is 26.0 Å². The number of hydrogen-bond donors (Lipinski definition) is 1. The van der Waals surface area contributed by atoms with Gasteiger partial charge < -0.3 is 14.4 Å². The molecule has 1 heterocycles. The fourth-order valence-electron chi connectivity index (χ4n) is 1.48. The lowest BCUT2D eigenvalue weighted by Crippen LogP contribution is -2.14. The van der Waals surface area contributed by atoms with Gasteiger partial charge in [-0.05, 0) is 19.1 Å². The van der Waals surface area contributed by atoms with Crippen molar-refractivity contribution >= 4 is 17.5 Å². The third kappa shape index (κ3) is 4.77. The molecule has 1 N–H and O–H groups in total. The van der Waals surface area contributed by atoms with Crippen molar-refractivity contribution in [2.75, 3.05) is 12.4 Å². The molecule has 0 bridgehead atoms. The van der Waals surface area contributed by atoms with E-state index in [1.807, 2.05) is 0 Å². The Morgan fingerprint density at radius 1 is 1.65 bits per heavy atom. The van der Waals surface area contributed by atoms with Gasteiger partial charge in [-0.3, -0.25) is 0 Å². The highest BCUT2D eigenvalue weighted by molar-refractivity contribution is 7.98. The monoisotopic (exact) mass is 297 g/mol. The highest BCUT2D eigenvalue weighted by Gasteiger charge is 2.14. The minimum atomic E-state index is -0.611. The molecule has 0 aliphatic heterocycles. The highest BCUT2D eigenvalue weighted by Crippen LogP contribution is 2.19. The van der Waals surface area contributed by atoms with Gasteiger partial charge >= 0.3 is 5.63 Å². The van der Waals surface area contributed by atoms with E-state index in [1.165, 1.54) is 12.1 Å². The topological polar surface area (TPSA) is 72.0 Å². The molecule has 5 nitrogen and oxygen atoms in total. The molecule has 0 saturated heterocycles. The predicted octanol–water partition coefficient (Wildman–Crippen LogP) is 2.92. The molecular weight excluding hydrogens is 278 g/mol. The van der Waals surface area contributed by atoms with Gasteiger partial charge in [0, 0.05) is 6.07 Å². The van der Waals surface area contributed by atoms with Crippen LogP contribution in [0.3, 0.4) is 0 Å². The van der Waals surface area contributed by atoms with Gasteiger partial charge in [0.25, 0.3) is 0 Å². The van der Waals surface area contributed by atoms with Crippen LogP contribution in [-0.4, -0.2) is 23.2 Å². The minimum absolute atomic E-state index is 0.0262. The molecule has 0 spiro atoms. The normalized spacial score (nSPS) is 11.4. The van der Waals surface area contributed by atoms with Crippen LogP contribution in [0, 0.1) is 0 Å². The lowest BCUT2D eigenvalue weighted by Gasteiger charge is -2.05. The summed E-state index contributed by atoms with van der Waals surface area (Å²) in [4.78, 5) is 16.8. The van der Waals surface area contributed by atoms with Gasteiger partial charge in [0.05, 0.1) is 11.5 Å². The molecule has 110 valence electrons. The quantitative estimate of drug-likeness (QED) is 0.346. The summed E-state index contributed by atoms with van der Waals surface area (Å²) in [5.74, 6) is 1.84. The molecule has 0 aliphatic carbocycles. The number of aromatic hydroxyl groups is 1. The van der Waals surface area contributed by atoms with E-state index in [4.69, 9.17) is 9.25 Å². The maximum atomic E-state index is 11.9. The van der Waals surface area contributed by atoms with E-state index in [9.17, 15) is 9.90 Å². The summed E-state index contributed by atoms with van der Waals surface area (Å²) >= 11 is 1.65. The Labute approximate surface area is 122 Å². The summed E-state index contributed by atoms with van der Waals surface area (Å²) in [7, 11) is 0. The molecule has 1 aromatic rings. The van der Waals surface area contributed by atoms with E-state index in [2.05, 4.69) is 18.7 Å². The molecule has 1 aromatic heterocycles. The summed E-state index contributed by atoms with van der Waals surface area (Å²) in [5.41, 5.74) is -0.315. The third-order valence-electron chi connectivity index (χ3n) is 2.33. The van der Waals surface area contributed by atoms with Gasteiger partial charge in [0.15, 0.2) is 0 Å². The molecule has 0 aromatic carbocycles. The van der Waals surface area contributed by atoms with E-state index in [1.54, 1.807) is 18.7 Å². The fraction of sp³-hybridized carbons (Fsp3) is 0.429. The number of nitrogens with zero attached hydrogens (tertiary/aromatic N) is 1. The number of oxime groups is 1. The number of rotatable bonds is 8. The van der Waals surface area contributed by atoms with Crippen molar-refractivity contribution in [3.63, 3.8) is 0 Å². The second-order valence-electron chi connectivity index (χ2n) is 4.07. The Morgan fingerprint density at radius 2 is 2.40 bits per heavy atom. The van der Waals surface area contributed by atoms with Crippen molar-refractivity contribution in [2.24, 2.45) is 5.16 Å². The Morgan fingerprint density at radius 3 is 3.00 bits per heavy atom. The minimum Gasteiger partial charge on any atom is -0.507 e. The van der Waals surface area contributed by atoms with Gasteiger partial charge in [-0.2, -0.15) is 11.8 Å². The number of thioether (sulfide) groups is 1. The third-order valence-corrected chi connectivity index (χ3v) is 3.52. The van der Waals surface area contributed by atoms with Crippen molar-refractivity contribution in [3.05, 3.63) is 40.5 Å². The summed E-state index contributed by atoms with van der Waals surface area (Å²) in [6.07, 6.45) is 2.58. The molecule has 6 heteroatoms. The molecule has 0 saturated carbocycles. The van der Waals surface area contributed by atoms with Gasteiger partial charge in [-0.15, -0.1) is 0 Å². The largest absolute Gasteiger partial charge is 0.507 e. The molecule has 0 atom stereocenters. The van der Waals surface area contributed by atoms with Gasteiger partial charge in [-0.1, -0.05) is 24.7 Å². The fourth-order valence-corrected chi connectivity index (χ4v) is 2.26. The molecule has 1 rings (SSSR count). The van der Waals surface area contributed by atoms with Crippen molar-refractivity contribution in [1.82, 2.24) is 0 Å². The first-order valence-corrected chi connectivity index (χ1v) is 7.47. The average Bonchev–Trinajstić information content (AvgIpc) is 2.38. The first-order chi connectivity index (χ1) is 9.60. The zero-order valence-corrected chi connectivity index (χ0v) is 12.5. The Hall–Kier alpha value is -1.69. The summed E-state index contributed by atoms with van der Waals surface area (Å²) in [5, 5.41) is 13.7. The second kappa shape index (κ2) is 8.47. The summed E-state index contributed by atoms with van der Waals surface area (Å²) < 4.78 is 5.17. The van der Waals surface area contributed by atoms with E-state index in [-0.39, 0.29) is 23.6 Å². The SMILES string of the molecule is C=CCO/N=C(\C)c1c(O)cc(CSCCC)oc1=O. The van der Waals surface area contributed by atoms with Crippen LogP contribution in [0.25, 0.3) is 0 Å². The first kappa shape index (κ1) is 16.4. The Bertz CT molecular complexity index is 536. The van der Waals surface area contributed by atoms with E-state index >= 15 is 0 Å². The van der Waals surface area contributed by atoms with Crippen LogP contribution in [0.2, 0.25) is 0 Å². The van der Waals surface area contributed by atoms with Crippen LogP contribution in [0.15, 0.2) is 33.1 Å². The maximum Gasteiger partial charge on any atom is 0.349 e. The van der Waals surface area contributed by atoms with Crippen LogP contribution < -0.4 is 5.63 Å². The van der Waals surface area contributed by atoms with Crippen LogP contribution in [0.1, 0.15) is 31.6 Å². The smallest absolute Gasteiger partial charge is 0.349 e. The van der Waals surface area contributed by atoms with Crippen LogP contribution in [-0.2, 0) is 10.6 Å². The van der Waals surface area contributed by atoms with Crippen LogP contribution in [0.5, 0.6) is 5.75 Å². The first-order valence-electron chi connectivity index (χ1n) is 6.31. The highest BCUT2D eigenvalue weighted by atomic mass is 32.2. The van der Waals surface area contributed by atoms with Gasteiger partial charge in [0.2, 0.25) is 0 Å². The molecule has 0 amide bonds. The molecule has 0 aliphatic rings. The van der Waals surface area contributed by atoms with E-state index in [0.717, 1.165) is 12.2 Å². The molecule has 20 heavy (non-hydrogen) atoms. The standard InChI is InChI=1S/C14H19NO4S/c1-4-6-18-15-10(3)13-12(16)8-11(19-14(13)17)9-20-7-5-2/h4,8,16H,1,5-7,9H2,2-3H3/b15-10+. The van der Waals surface area contributed by atoms with E-state index < -0.39 is 5.63 Å². The molecule has 0 unspecified atom stereocenters. The maximum absolute atomic E-state index is 11.9. The van der Waals surface area contributed by atoms with Crippen LogP contribution >= 0.6 is 11.8 Å². The Balaban J connectivity index is 2.91.